The molecule has 0 bridgehead atoms. The average Bonchev–Trinajstić information content (AvgIpc) is 2.81. The van der Waals surface area contributed by atoms with Gasteiger partial charge in [0.05, 0.1) is 25.7 Å². The van der Waals surface area contributed by atoms with Crippen molar-refractivity contribution < 1.29 is 28.6 Å². The van der Waals surface area contributed by atoms with E-state index in [0.29, 0.717) is 11.3 Å². The third-order valence-electron chi connectivity index (χ3n) is 4.86. The van der Waals surface area contributed by atoms with Gasteiger partial charge in [0.2, 0.25) is 0 Å². The van der Waals surface area contributed by atoms with Gasteiger partial charge in [0, 0.05) is 5.69 Å². The lowest BCUT2D eigenvalue weighted by atomic mass is 9.98. The van der Waals surface area contributed by atoms with Gasteiger partial charge in [0.25, 0.3) is 5.91 Å². The van der Waals surface area contributed by atoms with E-state index >= 15 is 0 Å². The number of methoxy groups -OCH3 is 2. The quantitative estimate of drug-likeness (QED) is 0.582. The highest BCUT2D eigenvalue weighted by atomic mass is 16.5. The number of ether oxygens (including phenoxy) is 3. The lowest BCUT2D eigenvalue weighted by Gasteiger charge is -2.13. The zero-order chi connectivity index (χ0) is 22.4. The monoisotopic (exact) mass is 421 g/mol. The molecule has 1 N–H and O–H groups in total. The number of carbonyl (C=O) groups is 3. The van der Waals surface area contributed by atoms with Crippen molar-refractivity contribution in [2.45, 2.75) is 12.8 Å². The first-order valence-electron chi connectivity index (χ1n) is 9.64. The molecule has 31 heavy (non-hydrogen) atoms. The number of anilines is 1. The van der Waals surface area contributed by atoms with E-state index < -0.39 is 30.4 Å². The number of carbonyl (C=O) groups excluding carboxylic acids is 3. The fraction of sp³-hybridized carbons (Fsp3) is 0.208. The number of benzene rings is 3. The molecule has 0 aliphatic rings. The van der Waals surface area contributed by atoms with Crippen LogP contribution in [-0.4, -0.2) is 38.7 Å². The lowest BCUT2D eigenvalue weighted by molar-refractivity contribution is -0.148. The number of amides is 1. The molecule has 3 aromatic rings. The van der Waals surface area contributed by atoms with Crippen LogP contribution in [0.3, 0.4) is 0 Å². The van der Waals surface area contributed by atoms with E-state index in [2.05, 4.69) is 10.1 Å². The van der Waals surface area contributed by atoms with Crippen LogP contribution in [0.1, 0.15) is 28.8 Å². The number of rotatable bonds is 7. The largest absolute Gasteiger partial charge is 0.497 e. The Hall–Kier alpha value is -3.87. The van der Waals surface area contributed by atoms with Crippen LogP contribution in [0.5, 0.6) is 5.75 Å². The van der Waals surface area contributed by atoms with Crippen LogP contribution in [0.2, 0.25) is 0 Å². The number of esters is 2. The molecule has 7 nitrogen and oxygen atoms in total. The smallest absolute Gasteiger partial charge is 0.337 e. The second kappa shape index (κ2) is 9.75. The van der Waals surface area contributed by atoms with Crippen LogP contribution in [0.25, 0.3) is 10.8 Å². The van der Waals surface area contributed by atoms with Crippen molar-refractivity contribution in [3.05, 3.63) is 71.8 Å². The number of fused-ring (bicyclic) bond motifs is 1. The second-order valence-corrected chi connectivity index (χ2v) is 6.92. The lowest BCUT2D eigenvalue weighted by Crippen LogP contribution is -2.23. The minimum atomic E-state index is -0.529. The van der Waals surface area contributed by atoms with Crippen LogP contribution < -0.4 is 10.1 Å². The molecule has 0 aliphatic carbocycles. The van der Waals surface area contributed by atoms with E-state index in [0.717, 1.165) is 22.1 Å². The number of hydrogen-bond donors (Lipinski definition) is 1. The van der Waals surface area contributed by atoms with Gasteiger partial charge in [-0.25, -0.2) is 4.79 Å². The third kappa shape index (κ3) is 5.39. The molecule has 0 saturated heterocycles. The van der Waals surface area contributed by atoms with E-state index in [4.69, 9.17) is 9.47 Å². The van der Waals surface area contributed by atoms with Gasteiger partial charge in [-0.05, 0) is 59.7 Å². The van der Waals surface area contributed by atoms with Gasteiger partial charge >= 0.3 is 11.9 Å². The Labute approximate surface area is 179 Å². The Morgan fingerprint density at radius 3 is 2.26 bits per heavy atom. The highest BCUT2D eigenvalue weighted by molar-refractivity contribution is 5.95. The zero-order valence-electron chi connectivity index (χ0n) is 17.5. The molecule has 0 radical (unpaired) electrons. The van der Waals surface area contributed by atoms with E-state index in [1.807, 2.05) is 36.4 Å². The summed E-state index contributed by atoms with van der Waals surface area (Å²) < 4.78 is 15.0. The summed E-state index contributed by atoms with van der Waals surface area (Å²) >= 11 is 0. The van der Waals surface area contributed by atoms with Crippen LogP contribution in [0.4, 0.5) is 5.69 Å². The summed E-state index contributed by atoms with van der Waals surface area (Å²) in [5.74, 6) is -1.20. The Kier molecular flexibility index (Phi) is 6.87. The van der Waals surface area contributed by atoms with Crippen molar-refractivity contribution in [2.75, 3.05) is 26.1 Å². The molecule has 3 aromatic carbocycles. The Morgan fingerprint density at radius 2 is 1.58 bits per heavy atom. The SMILES string of the molecule is COC(=O)c1ccc(NC(=O)COC(=O)[C@@H](C)c2ccc3cc(OC)ccc3c2)cc1. The summed E-state index contributed by atoms with van der Waals surface area (Å²) in [5.41, 5.74) is 1.64. The third-order valence-corrected chi connectivity index (χ3v) is 4.86. The zero-order valence-corrected chi connectivity index (χ0v) is 17.5. The standard InChI is InChI=1S/C24H23NO6/c1-15(17-4-5-19-13-21(29-2)11-8-18(19)12-17)23(27)31-14-22(26)25-20-9-6-16(7-10-20)24(28)30-3/h4-13,15H,14H2,1-3H3,(H,25,26)/t15-/m0/s1. The van der Waals surface area contributed by atoms with E-state index in [9.17, 15) is 14.4 Å². The molecule has 0 aliphatic heterocycles. The number of hydrogen-bond acceptors (Lipinski definition) is 6. The maximum Gasteiger partial charge on any atom is 0.337 e. The molecule has 0 heterocycles. The molecular formula is C24H23NO6. The first-order valence-corrected chi connectivity index (χ1v) is 9.64. The summed E-state index contributed by atoms with van der Waals surface area (Å²) in [6.07, 6.45) is 0. The van der Waals surface area contributed by atoms with E-state index in [1.54, 1.807) is 26.2 Å². The van der Waals surface area contributed by atoms with Crippen molar-refractivity contribution >= 4 is 34.3 Å². The topological polar surface area (TPSA) is 90.9 Å². The van der Waals surface area contributed by atoms with Crippen molar-refractivity contribution in [2.24, 2.45) is 0 Å². The van der Waals surface area contributed by atoms with E-state index in [1.165, 1.54) is 19.2 Å². The Bertz CT molecular complexity index is 1110. The molecule has 7 heteroatoms. The molecule has 1 amide bonds. The normalized spacial score (nSPS) is 11.5. The maximum absolute atomic E-state index is 12.4. The maximum atomic E-state index is 12.4. The van der Waals surface area contributed by atoms with Crippen molar-refractivity contribution in [1.82, 2.24) is 0 Å². The predicted octanol–water partition coefficient (Wildman–Crippen LogP) is 3.92. The first-order chi connectivity index (χ1) is 14.9. The van der Waals surface area contributed by atoms with Crippen LogP contribution in [-0.2, 0) is 19.1 Å². The molecule has 1 atom stereocenters. The molecule has 3 rings (SSSR count). The molecule has 0 saturated carbocycles. The number of nitrogens with one attached hydrogen (secondary N) is 1. The van der Waals surface area contributed by atoms with Crippen LogP contribution in [0.15, 0.2) is 60.7 Å². The van der Waals surface area contributed by atoms with Crippen LogP contribution in [0, 0.1) is 0 Å². The van der Waals surface area contributed by atoms with Gasteiger partial charge in [-0.1, -0.05) is 24.3 Å². The minimum absolute atomic E-state index is 0.370. The Morgan fingerprint density at radius 1 is 0.903 bits per heavy atom. The summed E-state index contributed by atoms with van der Waals surface area (Å²) in [4.78, 5) is 35.9. The predicted molar refractivity (Wildman–Crippen MR) is 116 cm³/mol. The average molecular weight is 421 g/mol. The minimum Gasteiger partial charge on any atom is -0.497 e. The molecule has 160 valence electrons. The first kappa shape index (κ1) is 21.8. The highest BCUT2D eigenvalue weighted by Gasteiger charge is 2.18. The summed E-state index contributed by atoms with van der Waals surface area (Å²) in [6.45, 7) is 1.32. The fourth-order valence-electron chi connectivity index (χ4n) is 3.04. The van der Waals surface area contributed by atoms with Gasteiger partial charge in [-0.2, -0.15) is 0 Å². The molecule has 0 aromatic heterocycles. The molecule has 0 spiro atoms. The molecular weight excluding hydrogens is 398 g/mol. The summed E-state index contributed by atoms with van der Waals surface area (Å²) in [7, 11) is 2.91. The van der Waals surface area contributed by atoms with Gasteiger partial charge in [0.15, 0.2) is 6.61 Å². The summed E-state index contributed by atoms with van der Waals surface area (Å²) in [6, 6.07) is 17.6. The van der Waals surface area contributed by atoms with Gasteiger partial charge in [0.1, 0.15) is 5.75 Å². The van der Waals surface area contributed by atoms with Gasteiger partial charge in [-0.15, -0.1) is 0 Å². The molecule has 0 fully saturated rings. The van der Waals surface area contributed by atoms with Crippen molar-refractivity contribution in [1.29, 1.82) is 0 Å². The molecule has 0 unspecified atom stereocenters. The van der Waals surface area contributed by atoms with Crippen molar-refractivity contribution in [3.8, 4) is 5.75 Å². The Balaban J connectivity index is 1.56. The fourth-order valence-corrected chi connectivity index (χ4v) is 3.04. The van der Waals surface area contributed by atoms with Gasteiger partial charge in [-0.3, -0.25) is 9.59 Å². The highest BCUT2D eigenvalue weighted by Crippen LogP contribution is 2.25. The van der Waals surface area contributed by atoms with Gasteiger partial charge < -0.3 is 19.5 Å². The second-order valence-electron chi connectivity index (χ2n) is 6.92. The van der Waals surface area contributed by atoms with Crippen molar-refractivity contribution in [3.63, 3.8) is 0 Å². The van der Waals surface area contributed by atoms with E-state index in [-0.39, 0.29) is 0 Å². The van der Waals surface area contributed by atoms with Crippen LogP contribution >= 0.6 is 0 Å². The summed E-state index contributed by atoms with van der Waals surface area (Å²) in [5, 5.41) is 4.59.